The van der Waals surface area contributed by atoms with E-state index in [0.29, 0.717) is 5.02 Å². The molecule has 2 heteroatoms. The number of hydrogen-bond acceptors (Lipinski definition) is 0. The highest BCUT2D eigenvalue weighted by Crippen LogP contribution is 2.40. The molecule has 0 fully saturated rings. The molecule has 0 saturated heterocycles. The van der Waals surface area contributed by atoms with Crippen LogP contribution in [0.2, 0.25) is 10.0 Å². The average Bonchev–Trinajstić information content (AvgIpc) is 2.81. The van der Waals surface area contributed by atoms with Crippen molar-refractivity contribution in [1.29, 1.82) is 0 Å². The van der Waals surface area contributed by atoms with E-state index >= 15 is 0 Å². The van der Waals surface area contributed by atoms with Crippen LogP contribution in [-0.4, -0.2) is 0 Å². The van der Waals surface area contributed by atoms with Crippen molar-refractivity contribution in [2.75, 3.05) is 0 Å². The molecule has 0 saturated carbocycles. The average molecular weight is 496 g/mol. The lowest BCUT2D eigenvalue weighted by Crippen LogP contribution is -2.26. The molecule has 1 atom stereocenters. The Morgan fingerprint density at radius 1 is 0.676 bits per heavy atom. The summed E-state index contributed by atoms with van der Waals surface area (Å²) in [5, 5.41) is 1.50. The SMILES string of the molecule is CCCC(CCCCc1ccc(C)cc1)(CCCCc1ccc(Cl)cc1Cl)c1cccc(C)c1. The first-order valence-corrected chi connectivity index (χ1v) is 13.7. The van der Waals surface area contributed by atoms with Gasteiger partial charge in [0.1, 0.15) is 0 Å². The zero-order valence-electron chi connectivity index (χ0n) is 21.2. The zero-order chi connectivity index (χ0) is 24.4. The third-order valence-electron chi connectivity index (χ3n) is 7.22. The molecule has 0 amide bonds. The van der Waals surface area contributed by atoms with Crippen LogP contribution in [0.25, 0.3) is 0 Å². The van der Waals surface area contributed by atoms with Gasteiger partial charge in [-0.2, -0.15) is 0 Å². The summed E-state index contributed by atoms with van der Waals surface area (Å²) in [5.41, 5.74) is 7.17. The molecule has 182 valence electrons. The summed E-state index contributed by atoms with van der Waals surface area (Å²) in [6, 6.07) is 24.2. The Kier molecular flexibility index (Phi) is 10.5. The Hall–Kier alpha value is -1.76. The van der Waals surface area contributed by atoms with Crippen molar-refractivity contribution >= 4 is 23.2 Å². The van der Waals surface area contributed by atoms with Crippen molar-refractivity contribution in [3.05, 3.63) is 105 Å². The molecule has 0 aliphatic carbocycles. The standard InChI is InChI=1S/C32H40Cl2/c1-4-20-32(29-13-9-10-26(3)23-29,21-7-5-11-27-16-14-25(2)15-17-27)22-8-6-12-28-18-19-30(33)24-31(28)34/h9-10,13-19,23-24H,4-8,11-12,20-22H2,1-3H3. The van der Waals surface area contributed by atoms with Crippen LogP contribution in [0.3, 0.4) is 0 Å². The van der Waals surface area contributed by atoms with Gasteiger partial charge in [0.25, 0.3) is 0 Å². The van der Waals surface area contributed by atoms with Gasteiger partial charge >= 0.3 is 0 Å². The summed E-state index contributed by atoms with van der Waals surface area (Å²) in [7, 11) is 0. The number of unbranched alkanes of at least 4 members (excludes halogenated alkanes) is 2. The molecule has 0 nitrogen and oxygen atoms in total. The molecule has 0 spiro atoms. The van der Waals surface area contributed by atoms with Gasteiger partial charge in [-0.05, 0) is 93.0 Å². The van der Waals surface area contributed by atoms with Gasteiger partial charge < -0.3 is 0 Å². The van der Waals surface area contributed by atoms with Gasteiger partial charge in [-0.15, -0.1) is 0 Å². The first kappa shape index (κ1) is 26.8. The lowest BCUT2D eigenvalue weighted by atomic mass is 9.69. The zero-order valence-corrected chi connectivity index (χ0v) is 22.7. The third kappa shape index (κ3) is 7.89. The van der Waals surface area contributed by atoms with Crippen molar-refractivity contribution in [1.82, 2.24) is 0 Å². The second-order valence-corrected chi connectivity index (χ2v) is 10.9. The Labute approximate surface area is 217 Å². The fourth-order valence-corrected chi connectivity index (χ4v) is 5.82. The van der Waals surface area contributed by atoms with E-state index in [1.807, 2.05) is 12.1 Å². The van der Waals surface area contributed by atoms with E-state index in [-0.39, 0.29) is 5.41 Å². The minimum atomic E-state index is 0.262. The molecule has 3 aromatic carbocycles. The van der Waals surface area contributed by atoms with Gasteiger partial charge in [-0.3, -0.25) is 0 Å². The van der Waals surface area contributed by atoms with Crippen LogP contribution >= 0.6 is 23.2 Å². The van der Waals surface area contributed by atoms with Crippen molar-refractivity contribution in [3.63, 3.8) is 0 Å². The summed E-state index contributed by atoms with van der Waals surface area (Å²) in [6.07, 6.45) is 12.0. The van der Waals surface area contributed by atoms with E-state index in [2.05, 4.69) is 75.4 Å². The largest absolute Gasteiger partial charge is 0.0843 e. The van der Waals surface area contributed by atoms with Crippen molar-refractivity contribution in [2.45, 2.75) is 90.4 Å². The highest BCUT2D eigenvalue weighted by atomic mass is 35.5. The molecule has 1 unspecified atom stereocenters. The van der Waals surface area contributed by atoms with Crippen LogP contribution in [0.4, 0.5) is 0 Å². The molecule has 34 heavy (non-hydrogen) atoms. The van der Waals surface area contributed by atoms with Gasteiger partial charge in [0.15, 0.2) is 0 Å². The molecule has 0 aliphatic heterocycles. The highest BCUT2D eigenvalue weighted by molar-refractivity contribution is 6.35. The second kappa shape index (κ2) is 13.4. The molecule has 0 heterocycles. The van der Waals surface area contributed by atoms with Crippen LogP contribution in [-0.2, 0) is 18.3 Å². The summed E-state index contributed by atoms with van der Waals surface area (Å²) in [4.78, 5) is 0. The normalized spacial score (nSPS) is 13.1. The fourth-order valence-electron chi connectivity index (χ4n) is 5.31. The molecule has 0 aromatic heterocycles. The van der Waals surface area contributed by atoms with Gasteiger partial charge in [0.2, 0.25) is 0 Å². The molecule has 3 aromatic rings. The van der Waals surface area contributed by atoms with E-state index in [1.165, 1.54) is 79.2 Å². The maximum atomic E-state index is 6.42. The van der Waals surface area contributed by atoms with Gasteiger partial charge in [-0.1, -0.05) is 115 Å². The predicted molar refractivity (Wildman–Crippen MR) is 151 cm³/mol. The van der Waals surface area contributed by atoms with E-state index in [4.69, 9.17) is 23.2 Å². The smallest absolute Gasteiger partial charge is 0.0452 e. The van der Waals surface area contributed by atoms with Crippen LogP contribution in [0.1, 0.15) is 86.1 Å². The molecular weight excluding hydrogens is 455 g/mol. The maximum Gasteiger partial charge on any atom is 0.0452 e. The molecule has 0 N–H and O–H groups in total. The summed E-state index contributed by atoms with van der Waals surface area (Å²) >= 11 is 12.5. The molecule has 0 bridgehead atoms. The lowest BCUT2D eigenvalue weighted by molar-refractivity contribution is 0.311. The quantitative estimate of drug-likeness (QED) is 0.207. The van der Waals surface area contributed by atoms with Crippen LogP contribution in [0, 0.1) is 13.8 Å². The maximum absolute atomic E-state index is 6.42. The van der Waals surface area contributed by atoms with E-state index in [0.717, 1.165) is 17.9 Å². The van der Waals surface area contributed by atoms with Crippen molar-refractivity contribution in [3.8, 4) is 0 Å². The van der Waals surface area contributed by atoms with Crippen molar-refractivity contribution < 1.29 is 0 Å². The monoisotopic (exact) mass is 494 g/mol. The Morgan fingerprint density at radius 2 is 1.38 bits per heavy atom. The summed E-state index contributed by atoms with van der Waals surface area (Å²) in [6.45, 7) is 6.72. The van der Waals surface area contributed by atoms with E-state index in [1.54, 1.807) is 0 Å². The Morgan fingerprint density at radius 3 is 2.03 bits per heavy atom. The second-order valence-electron chi connectivity index (χ2n) is 10.0. The Balaban J connectivity index is 1.66. The van der Waals surface area contributed by atoms with E-state index < -0.39 is 0 Å². The summed E-state index contributed by atoms with van der Waals surface area (Å²) < 4.78 is 0. The molecule has 0 radical (unpaired) electrons. The number of halogens is 2. The first-order chi connectivity index (χ1) is 16.4. The third-order valence-corrected chi connectivity index (χ3v) is 7.80. The van der Waals surface area contributed by atoms with Crippen LogP contribution in [0.15, 0.2) is 66.7 Å². The molecular formula is C32H40Cl2. The van der Waals surface area contributed by atoms with Crippen LogP contribution < -0.4 is 0 Å². The number of benzene rings is 3. The van der Waals surface area contributed by atoms with Gasteiger partial charge in [0, 0.05) is 10.0 Å². The molecule has 0 aliphatic rings. The van der Waals surface area contributed by atoms with E-state index in [9.17, 15) is 0 Å². The minimum Gasteiger partial charge on any atom is -0.0843 e. The predicted octanol–water partition coefficient (Wildman–Crippen LogP) is 10.5. The highest BCUT2D eigenvalue weighted by Gasteiger charge is 2.30. The topological polar surface area (TPSA) is 0 Å². The van der Waals surface area contributed by atoms with Crippen LogP contribution in [0.5, 0.6) is 0 Å². The number of rotatable bonds is 13. The number of hydrogen-bond donors (Lipinski definition) is 0. The van der Waals surface area contributed by atoms with Crippen molar-refractivity contribution in [2.24, 2.45) is 0 Å². The molecule has 3 rings (SSSR count). The minimum absolute atomic E-state index is 0.262. The number of aryl methyl sites for hydroxylation is 4. The Bertz CT molecular complexity index is 1020. The van der Waals surface area contributed by atoms with Gasteiger partial charge in [-0.25, -0.2) is 0 Å². The fraction of sp³-hybridized carbons (Fsp3) is 0.438. The first-order valence-electron chi connectivity index (χ1n) is 13.0. The lowest BCUT2D eigenvalue weighted by Gasteiger charge is -2.35. The van der Waals surface area contributed by atoms with Gasteiger partial charge in [0.05, 0.1) is 0 Å². The summed E-state index contributed by atoms with van der Waals surface area (Å²) in [5.74, 6) is 0.